The van der Waals surface area contributed by atoms with Crippen molar-refractivity contribution in [1.82, 2.24) is 4.90 Å². The third kappa shape index (κ3) is 3.71. The molecule has 0 bridgehead atoms. The fourth-order valence-electron chi connectivity index (χ4n) is 2.32. The number of hydrogen-bond acceptors (Lipinski definition) is 3. The first-order chi connectivity index (χ1) is 9.36. The minimum Gasteiger partial charge on any atom is -0.336 e. The molecular formula is C16H23NO2. The first-order valence-electron chi connectivity index (χ1n) is 7.28. The van der Waals surface area contributed by atoms with Crippen LogP contribution >= 0.6 is 0 Å². The number of nitrogens with zero attached hydrogens (tertiary/aromatic N) is 1. The Balaban J connectivity index is 2.12. The average Bonchev–Trinajstić information content (AvgIpc) is 2.47. The Bertz CT molecular complexity index is 373. The van der Waals surface area contributed by atoms with Crippen molar-refractivity contribution in [3.05, 3.63) is 36.4 Å². The monoisotopic (exact) mass is 261 g/mol. The molecule has 19 heavy (non-hydrogen) atoms. The zero-order valence-electron chi connectivity index (χ0n) is 11.9. The second-order valence-electron chi connectivity index (χ2n) is 4.97. The lowest BCUT2D eigenvalue weighted by atomic mass is 10.0. The third-order valence-electron chi connectivity index (χ3n) is 3.47. The van der Waals surface area contributed by atoms with E-state index in [4.69, 9.17) is 9.78 Å². The summed E-state index contributed by atoms with van der Waals surface area (Å²) in [4.78, 5) is 12.7. The molecule has 0 fully saturated rings. The Morgan fingerprint density at radius 3 is 2.47 bits per heavy atom. The van der Waals surface area contributed by atoms with Crippen LogP contribution in [0.15, 0.2) is 24.3 Å². The van der Waals surface area contributed by atoms with Crippen LogP contribution in [-0.4, -0.2) is 18.0 Å². The van der Waals surface area contributed by atoms with Crippen LogP contribution in [0.3, 0.4) is 0 Å². The van der Waals surface area contributed by atoms with Crippen molar-refractivity contribution in [2.24, 2.45) is 0 Å². The van der Waals surface area contributed by atoms with Gasteiger partial charge in [-0.3, -0.25) is 4.90 Å². The molecule has 0 saturated heterocycles. The van der Waals surface area contributed by atoms with Crippen molar-refractivity contribution in [1.29, 1.82) is 0 Å². The van der Waals surface area contributed by atoms with Gasteiger partial charge in [-0.05, 0) is 32.0 Å². The van der Waals surface area contributed by atoms with Crippen molar-refractivity contribution in [3.63, 3.8) is 0 Å². The summed E-state index contributed by atoms with van der Waals surface area (Å²) in [6, 6.07) is 8.14. The van der Waals surface area contributed by atoms with Gasteiger partial charge in [-0.1, -0.05) is 44.9 Å². The molecule has 3 heteroatoms. The van der Waals surface area contributed by atoms with Gasteiger partial charge in [0.05, 0.1) is 6.04 Å². The summed E-state index contributed by atoms with van der Waals surface area (Å²) in [5.41, 5.74) is 1.15. The topological polar surface area (TPSA) is 21.7 Å². The van der Waals surface area contributed by atoms with E-state index in [1.54, 1.807) is 0 Å². The third-order valence-corrected chi connectivity index (χ3v) is 3.47. The number of rotatable bonds is 7. The summed E-state index contributed by atoms with van der Waals surface area (Å²) in [6.07, 6.45) is 4.80. The molecule has 0 aliphatic carbocycles. The predicted molar refractivity (Wildman–Crippen MR) is 75.5 cm³/mol. The molecule has 1 aromatic rings. The Morgan fingerprint density at radius 2 is 1.79 bits per heavy atom. The molecule has 3 nitrogen and oxygen atoms in total. The molecule has 0 N–H and O–H groups in total. The standard InChI is InChI=1S/C16H23NO2/c1-3-5-11-17(12-6-4-2)15-13-18-19-16-10-8-7-9-14(15)16/h7-10,15H,3-6,11-12H2,1-2H3. The highest BCUT2D eigenvalue weighted by atomic mass is 17.2. The smallest absolute Gasteiger partial charge is 0.211 e. The maximum Gasteiger partial charge on any atom is 0.211 e. The second kappa shape index (κ2) is 7.51. The highest BCUT2D eigenvalue weighted by Crippen LogP contribution is 2.36. The van der Waals surface area contributed by atoms with Crippen LogP contribution in [0.4, 0.5) is 0 Å². The highest BCUT2D eigenvalue weighted by molar-refractivity contribution is 5.37. The number of fused-ring (bicyclic) bond motifs is 1. The van der Waals surface area contributed by atoms with E-state index in [1.165, 1.54) is 25.7 Å². The zero-order valence-corrected chi connectivity index (χ0v) is 11.9. The van der Waals surface area contributed by atoms with Crippen LogP contribution in [0, 0.1) is 6.61 Å². The number of unbranched alkanes of at least 4 members (excludes halogenated alkanes) is 2. The molecule has 0 spiro atoms. The molecule has 1 aromatic carbocycles. The first kappa shape index (κ1) is 14.4. The van der Waals surface area contributed by atoms with E-state index in [1.807, 2.05) is 18.2 Å². The van der Waals surface area contributed by atoms with Crippen LogP contribution in [0.2, 0.25) is 0 Å². The maximum absolute atomic E-state index is 5.18. The van der Waals surface area contributed by atoms with E-state index in [2.05, 4.69) is 31.4 Å². The van der Waals surface area contributed by atoms with E-state index in [0.717, 1.165) is 24.4 Å². The van der Waals surface area contributed by atoms with E-state index in [0.29, 0.717) is 0 Å². The van der Waals surface area contributed by atoms with Crippen LogP contribution in [0.25, 0.3) is 0 Å². The van der Waals surface area contributed by atoms with Gasteiger partial charge in [-0.25, -0.2) is 0 Å². The maximum atomic E-state index is 5.18. The molecule has 1 atom stereocenters. The molecule has 2 rings (SSSR count). The van der Waals surface area contributed by atoms with Gasteiger partial charge in [-0.15, -0.1) is 0 Å². The molecule has 1 heterocycles. The SMILES string of the molecule is CCCCN(CCCC)C1[C]OOc2ccccc21. The van der Waals surface area contributed by atoms with E-state index in [9.17, 15) is 0 Å². The Labute approximate surface area is 116 Å². The van der Waals surface area contributed by atoms with Crippen molar-refractivity contribution in [2.75, 3.05) is 13.1 Å². The fraction of sp³-hybridized carbons (Fsp3) is 0.562. The van der Waals surface area contributed by atoms with E-state index >= 15 is 0 Å². The van der Waals surface area contributed by atoms with Crippen LogP contribution in [-0.2, 0) is 4.89 Å². The van der Waals surface area contributed by atoms with Crippen molar-refractivity contribution >= 4 is 0 Å². The number of benzene rings is 1. The summed E-state index contributed by atoms with van der Waals surface area (Å²) in [5.74, 6) is 0.809. The van der Waals surface area contributed by atoms with E-state index < -0.39 is 0 Å². The lowest BCUT2D eigenvalue weighted by Gasteiger charge is -2.33. The van der Waals surface area contributed by atoms with Gasteiger partial charge in [0.25, 0.3) is 0 Å². The summed E-state index contributed by atoms with van der Waals surface area (Å²) in [5, 5.41) is 0. The largest absolute Gasteiger partial charge is 0.336 e. The van der Waals surface area contributed by atoms with Gasteiger partial charge in [0.2, 0.25) is 6.61 Å². The van der Waals surface area contributed by atoms with Gasteiger partial charge >= 0.3 is 0 Å². The summed E-state index contributed by atoms with van der Waals surface area (Å²) < 4.78 is 0. The van der Waals surface area contributed by atoms with Crippen LogP contribution in [0.1, 0.15) is 51.1 Å². The Morgan fingerprint density at radius 1 is 1.11 bits per heavy atom. The molecule has 1 aliphatic rings. The minimum atomic E-state index is 0.0862. The Kier molecular flexibility index (Phi) is 5.67. The molecular weight excluding hydrogens is 238 g/mol. The second-order valence-corrected chi connectivity index (χ2v) is 4.97. The molecule has 0 saturated carbocycles. The molecule has 2 radical (unpaired) electrons. The lowest BCUT2D eigenvalue weighted by molar-refractivity contribution is -0.197. The lowest BCUT2D eigenvalue weighted by Crippen LogP contribution is -2.34. The number of para-hydroxylation sites is 1. The zero-order chi connectivity index (χ0) is 13.5. The van der Waals surface area contributed by atoms with Gasteiger partial charge in [-0.2, -0.15) is 4.89 Å². The van der Waals surface area contributed by atoms with Gasteiger partial charge < -0.3 is 4.89 Å². The average molecular weight is 261 g/mol. The van der Waals surface area contributed by atoms with Gasteiger partial charge in [0, 0.05) is 5.56 Å². The van der Waals surface area contributed by atoms with Gasteiger partial charge in [0.1, 0.15) is 0 Å². The molecule has 0 amide bonds. The molecule has 1 aliphatic heterocycles. The summed E-state index contributed by atoms with van der Waals surface area (Å²) >= 11 is 0. The van der Waals surface area contributed by atoms with E-state index in [-0.39, 0.29) is 6.04 Å². The van der Waals surface area contributed by atoms with Crippen LogP contribution < -0.4 is 4.89 Å². The predicted octanol–water partition coefficient (Wildman–Crippen LogP) is 3.99. The van der Waals surface area contributed by atoms with Crippen LogP contribution in [0.5, 0.6) is 5.75 Å². The normalized spacial score (nSPS) is 18.2. The van der Waals surface area contributed by atoms with Gasteiger partial charge in [0.15, 0.2) is 5.75 Å². The first-order valence-corrected chi connectivity index (χ1v) is 7.28. The molecule has 0 aromatic heterocycles. The summed E-state index contributed by atoms with van der Waals surface area (Å²) in [7, 11) is 0. The fourth-order valence-corrected chi connectivity index (χ4v) is 2.32. The summed E-state index contributed by atoms with van der Waals surface area (Å²) in [6.45, 7) is 9.59. The number of hydrogen-bond donors (Lipinski definition) is 0. The Hall–Kier alpha value is -1.06. The molecule has 104 valence electrons. The minimum absolute atomic E-state index is 0.0862. The quantitative estimate of drug-likeness (QED) is 0.693. The molecule has 1 unspecified atom stereocenters. The highest BCUT2D eigenvalue weighted by Gasteiger charge is 2.28. The van der Waals surface area contributed by atoms with Crippen molar-refractivity contribution in [3.8, 4) is 5.75 Å². The van der Waals surface area contributed by atoms with Crippen molar-refractivity contribution < 1.29 is 9.78 Å². The van der Waals surface area contributed by atoms with Crippen molar-refractivity contribution in [2.45, 2.75) is 45.6 Å².